The monoisotopic (exact) mass is 285 g/mol. The van der Waals surface area contributed by atoms with Crippen LogP contribution in [0.15, 0.2) is 28.9 Å². The molecular weight excluding hydrogens is 273 g/mol. The van der Waals surface area contributed by atoms with Gasteiger partial charge in [-0.25, -0.2) is 0 Å². The largest absolute Gasteiger partial charge is 0.495 e. The van der Waals surface area contributed by atoms with Crippen molar-refractivity contribution >= 4 is 23.2 Å². The smallest absolute Gasteiger partial charge is 0.138 e. The molecule has 96 valence electrons. The number of hydrogen-bond donors (Lipinski definition) is 1. The van der Waals surface area contributed by atoms with Gasteiger partial charge in [0, 0.05) is 17.2 Å². The number of rotatable bonds is 4. The first kappa shape index (κ1) is 13.3. The number of furan rings is 1. The first-order chi connectivity index (χ1) is 8.67. The number of nitrogens with one attached hydrogen (secondary N) is 1. The molecule has 0 radical (unpaired) electrons. The molecular formula is C13H13Cl2NO2. The van der Waals surface area contributed by atoms with E-state index in [0.717, 1.165) is 16.9 Å². The van der Waals surface area contributed by atoms with E-state index in [4.69, 9.17) is 32.4 Å². The maximum Gasteiger partial charge on any atom is 0.138 e. The fourth-order valence-electron chi connectivity index (χ4n) is 1.77. The van der Waals surface area contributed by atoms with E-state index >= 15 is 0 Å². The minimum Gasteiger partial charge on any atom is -0.495 e. The second-order valence-electron chi connectivity index (χ2n) is 3.75. The van der Waals surface area contributed by atoms with Gasteiger partial charge in [-0.15, -0.1) is 0 Å². The molecule has 1 aromatic carbocycles. The molecule has 18 heavy (non-hydrogen) atoms. The number of hydrogen-bond acceptors (Lipinski definition) is 3. The Kier molecular flexibility index (Phi) is 4.17. The van der Waals surface area contributed by atoms with Crippen molar-refractivity contribution in [1.82, 2.24) is 5.32 Å². The molecule has 2 aromatic rings. The number of halogens is 2. The lowest BCUT2D eigenvalue weighted by Crippen LogP contribution is -2.04. The van der Waals surface area contributed by atoms with E-state index < -0.39 is 0 Å². The molecule has 2 rings (SSSR count). The Hall–Kier alpha value is -1.16. The highest BCUT2D eigenvalue weighted by Crippen LogP contribution is 2.38. The van der Waals surface area contributed by atoms with Gasteiger partial charge >= 0.3 is 0 Å². The lowest BCUT2D eigenvalue weighted by atomic mass is 10.1. The zero-order chi connectivity index (χ0) is 13.1. The fourth-order valence-corrected chi connectivity index (χ4v) is 2.27. The Morgan fingerprint density at radius 1 is 1.22 bits per heavy atom. The van der Waals surface area contributed by atoms with Gasteiger partial charge in [0.2, 0.25) is 0 Å². The molecule has 0 aliphatic carbocycles. The molecule has 0 saturated carbocycles. The van der Waals surface area contributed by atoms with Crippen LogP contribution < -0.4 is 10.1 Å². The van der Waals surface area contributed by atoms with Gasteiger partial charge < -0.3 is 14.5 Å². The molecule has 5 heteroatoms. The summed E-state index contributed by atoms with van der Waals surface area (Å²) in [6.45, 7) is 0.627. The number of ether oxygens (including phenoxy) is 1. The quantitative estimate of drug-likeness (QED) is 0.923. The van der Waals surface area contributed by atoms with E-state index in [1.54, 1.807) is 25.5 Å². The molecule has 1 heterocycles. The van der Waals surface area contributed by atoms with Gasteiger partial charge in [-0.2, -0.15) is 0 Å². The van der Waals surface area contributed by atoms with E-state index in [0.29, 0.717) is 22.3 Å². The standard InChI is InChI=1S/C13H13Cl2NO2/c1-16-7-13-8(3-4-18-13)9-5-11(15)12(17-2)6-10(9)14/h3-6,16H,7H2,1-2H3. The Bertz CT molecular complexity index is 552. The molecule has 0 aliphatic heterocycles. The van der Waals surface area contributed by atoms with Crippen molar-refractivity contribution in [3.8, 4) is 16.9 Å². The molecule has 0 unspecified atom stereocenters. The molecule has 0 saturated heterocycles. The Morgan fingerprint density at radius 3 is 2.67 bits per heavy atom. The minimum absolute atomic E-state index is 0.522. The average Bonchev–Trinajstić information content (AvgIpc) is 2.80. The Labute approximate surface area is 116 Å². The lowest BCUT2D eigenvalue weighted by molar-refractivity contribution is 0.415. The first-order valence-electron chi connectivity index (χ1n) is 5.41. The van der Waals surface area contributed by atoms with Crippen LogP contribution in [0.3, 0.4) is 0 Å². The van der Waals surface area contributed by atoms with Crippen molar-refractivity contribution in [2.75, 3.05) is 14.2 Å². The summed E-state index contributed by atoms with van der Waals surface area (Å²) in [5.74, 6) is 1.38. The highest BCUT2D eigenvalue weighted by Gasteiger charge is 2.14. The molecule has 0 aliphatic rings. The third-order valence-corrected chi connectivity index (χ3v) is 3.22. The summed E-state index contributed by atoms with van der Waals surface area (Å²) in [7, 11) is 3.41. The van der Waals surface area contributed by atoms with E-state index in [1.807, 2.05) is 13.1 Å². The molecule has 1 N–H and O–H groups in total. The third-order valence-electron chi connectivity index (χ3n) is 2.61. The summed E-state index contributed by atoms with van der Waals surface area (Å²) in [4.78, 5) is 0. The maximum absolute atomic E-state index is 6.24. The first-order valence-corrected chi connectivity index (χ1v) is 6.17. The zero-order valence-corrected chi connectivity index (χ0v) is 11.6. The van der Waals surface area contributed by atoms with Crippen molar-refractivity contribution in [2.45, 2.75) is 6.54 Å². The van der Waals surface area contributed by atoms with Crippen LogP contribution in [-0.2, 0) is 6.54 Å². The van der Waals surface area contributed by atoms with Crippen LogP contribution in [0.25, 0.3) is 11.1 Å². The SMILES string of the molecule is CNCc1occc1-c1cc(Cl)c(OC)cc1Cl. The Balaban J connectivity index is 2.50. The van der Waals surface area contributed by atoms with Gasteiger partial charge in [0.05, 0.1) is 30.0 Å². The molecule has 0 amide bonds. The van der Waals surface area contributed by atoms with Crippen LogP contribution in [0.1, 0.15) is 5.76 Å². The summed E-state index contributed by atoms with van der Waals surface area (Å²) < 4.78 is 10.5. The third kappa shape index (κ3) is 2.48. The molecule has 0 spiro atoms. The molecule has 0 fully saturated rings. The van der Waals surface area contributed by atoms with E-state index in [-0.39, 0.29) is 0 Å². The van der Waals surface area contributed by atoms with Crippen molar-refractivity contribution in [1.29, 1.82) is 0 Å². The van der Waals surface area contributed by atoms with Gasteiger partial charge in [-0.05, 0) is 19.2 Å². The second kappa shape index (κ2) is 5.65. The van der Waals surface area contributed by atoms with E-state index in [1.165, 1.54) is 0 Å². The highest BCUT2D eigenvalue weighted by molar-refractivity contribution is 6.36. The van der Waals surface area contributed by atoms with Gasteiger partial charge in [-0.3, -0.25) is 0 Å². The number of methoxy groups -OCH3 is 1. The van der Waals surface area contributed by atoms with Crippen molar-refractivity contribution in [3.63, 3.8) is 0 Å². The van der Waals surface area contributed by atoms with Crippen LogP contribution in [0, 0.1) is 0 Å². The van der Waals surface area contributed by atoms with E-state index in [9.17, 15) is 0 Å². The molecule has 1 aromatic heterocycles. The van der Waals surface area contributed by atoms with Crippen LogP contribution >= 0.6 is 23.2 Å². The number of benzene rings is 1. The van der Waals surface area contributed by atoms with Crippen molar-refractivity contribution < 1.29 is 9.15 Å². The predicted octanol–water partition coefficient (Wildman–Crippen LogP) is 3.98. The summed E-state index contributed by atoms with van der Waals surface area (Å²) >= 11 is 12.4. The van der Waals surface area contributed by atoms with Crippen LogP contribution in [0.2, 0.25) is 10.0 Å². The second-order valence-corrected chi connectivity index (χ2v) is 4.57. The van der Waals surface area contributed by atoms with Gasteiger partial charge in [0.1, 0.15) is 11.5 Å². The summed E-state index contributed by atoms with van der Waals surface area (Å²) in [5.41, 5.74) is 1.76. The maximum atomic E-state index is 6.24. The fraction of sp³-hybridized carbons (Fsp3) is 0.231. The minimum atomic E-state index is 0.522. The van der Waals surface area contributed by atoms with Gasteiger partial charge in [0.25, 0.3) is 0 Å². The molecule has 0 atom stereocenters. The zero-order valence-electron chi connectivity index (χ0n) is 10.1. The van der Waals surface area contributed by atoms with Crippen LogP contribution in [0.5, 0.6) is 5.75 Å². The molecule has 0 bridgehead atoms. The Morgan fingerprint density at radius 2 is 2.00 bits per heavy atom. The van der Waals surface area contributed by atoms with Crippen molar-refractivity contribution in [2.24, 2.45) is 0 Å². The van der Waals surface area contributed by atoms with Gasteiger partial charge in [0.15, 0.2) is 0 Å². The summed E-state index contributed by atoms with van der Waals surface area (Å²) in [5, 5.41) is 4.14. The van der Waals surface area contributed by atoms with Crippen LogP contribution in [0.4, 0.5) is 0 Å². The van der Waals surface area contributed by atoms with E-state index in [2.05, 4.69) is 5.32 Å². The topological polar surface area (TPSA) is 34.4 Å². The lowest BCUT2D eigenvalue weighted by Gasteiger charge is -2.09. The van der Waals surface area contributed by atoms with Gasteiger partial charge in [-0.1, -0.05) is 23.2 Å². The summed E-state index contributed by atoms with van der Waals surface area (Å²) in [6.07, 6.45) is 1.64. The van der Waals surface area contributed by atoms with Crippen LogP contribution in [-0.4, -0.2) is 14.2 Å². The van der Waals surface area contributed by atoms with Crippen molar-refractivity contribution in [3.05, 3.63) is 40.3 Å². The predicted molar refractivity (Wildman–Crippen MR) is 73.5 cm³/mol. The highest BCUT2D eigenvalue weighted by atomic mass is 35.5. The average molecular weight is 286 g/mol. The summed E-state index contributed by atoms with van der Waals surface area (Å²) in [6, 6.07) is 5.36. The molecule has 3 nitrogen and oxygen atoms in total. The normalized spacial score (nSPS) is 10.7.